The molecule has 3 aromatic rings. The summed E-state index contributed by atoms with van der Waals surface area (Å²) in [5.41, 5.74) is 2.47. The van der Waals surface area contributed by atoms with Gasteiger partial charge in [-0.1, -0.05) is 17.7 Å². The second-order valence-electron chi connectivity index (χ2n) is 8.56. The Morgan fingerprint density at radius 1 is 1.12 bits per heavy atom. The van der Waals surface area contributed by atoms with Crippen LogP contribution < -0.4 is 10.4 Å². The van der Waals surface area contributed by atoms with Crippen molar-refractivity contribution >= 4 is 27.0 Å². The van der Waals surface area contributed by atoms with E-state index in [0.29, 0.717) is 46.3 Å². The summed E-state index contributed by atoms with van der Waals surface area (Å²) >= 11 is 0. The molecule has 0 radical (unpaired) electrons. The first kappa shape index (κ1) is 24.0. The minimum Gasteiger partial charge on any atom is -0.497 e. The van der Waals surface area contributed by atoms with E-state index in [1.165, 1.54) is 17.5 Å². The van der Waals surface area contributed by atoms with Gasteiger partial charge >= 0.3 is 11.6 Å². The summed E-state index contributed by atoms with van der Waals surface area (Å²) in [5, 5.41) is 0.606. The molecule has 0 amide bonds. The van der Waals surface area contributed by atoms with Gasteiger partial charge in [-0.25, -0.2) is 13.2 Å². The third kappa shape index (κ3) is 4.45. The van der Waals surface area contributed by atoms with Crippen LogP contribution in [0, 0.1) is 20.8 Å². The zero-order valence-electron chi connectivity index (χ0n) is 19.6. The van der Waals surface area contributed by atoms with Crippen LogP contribution in [-0.4, -0.2) is 38.4 Å². The van der Waals surface area contributed by atoms with Gasteiger partial charge in [0.2, 0.25) is 10.0 Å². The lowest BCUT2D eigenvalue weighted by atomic mass is 10.1. The SMILES string of the molecule is COc1ccc2c(COC(=O)[C@@H]3CCCN3S(=O)(=O)c3c(C)cc(C)cc3C)cc(=O)oc2c1. The van der Waals surface area contributed by atoms with E-state index in [4.69, 9.17) is 13.9 Å². The van der Waals surface area contributed by atoms with E-state index in [-0.39, 0.29) is 18.0 Å². The average molecular weight is 486 g/mol. The Morgan fingerprint density at radius 2 is 1.82 bits per heavy atom. The summed E-state index contributed by atoms with van der Waals surface area (Å²) in [5.74, 6) is -0.114. The first-order valence-electron chi connectivity index (χ1n) is 11.0. The van der Waals surface area contributed by atoms with E-state index in [1.54, 1.807) is 32.0 Å². The molecule has 2 heterocycles. The van der Waals surface area contributed by atoms with Crippen molar-refractivity contribution in [2.45, 2.75) is 51.2 Å². The Kier molecular flexibility index (Phi) is 6.51. The molecule has 180 valence electrons. The molecular formula is C25H27NO7S. The molecule has 2 aromatic carbocycles. The highest BCUT2D eigenvalue weighted by Crippen LogP contribution is 2.31. The molecule has 34 heavy (non-hydrogen) atoms. The van der Waals surface area contributed by atoms with Gasteiger partial charge in [0.15, 0.2) is 0 Å². The van der Waals surface area contributed by atoms with Gasteiger partial charge in [-0.3, -0.25) is 4.79 Å². The van der Waals surface area contributed by atoms with Gasteiger partial charge in [0, 0.05) is 29.6 Å². The van der Waals surface area contributed by atoms with Crippen molar-refractivity contribution < 1.29 is 27.1 Å². The molecule has 1 fully saturated rings. The summed E-state index contributed by atoms with van der Waals surface area (Å²) < 4.78 is 44.2. The quantitative estimate of drug-likeness (QED) is 0.388. The van der Waals surface area contributed by atoms with Gasteiger partial charge in [-0.2, -0.15) is 4.31 Å². The van der Waals surface area contributed by atoms with Crippen LogP contribution in [0.4, 0.5) is 0 Å². The third-order valence-electron chi connectivity index (χ3n) is 6.05. The lowest BCUT2D eigenvalue weighted by Gasteiger charge is -2.25. The van der Waals surface area contributed by atoms with Crippen LogP contribution in [0.15, 0.2) is 50.5 Å². The number of fused-ring (bicyclic) bond motifs is 1. The fraction of sp³-hybridized carbons (Fsp3) is 0.360. The molecule has 0 bridgehead atoms. The molecular weight excluding hydrogens is 458 g/mol. The normalized spacial score (nSPS) is 16.6. The van der Waals surface area contributed by atoms with E-state index in [1.807, 2.05) is 19.1 Å². The van der Waals surface area contributed by atoms with Crippen molar-refractivity contribution in [1.29, 1.82) is 0 Å². The van der Waals surface area contributed by atoms with Crippen molar-refractivity contribution in [3.05, 3.63) is 69.1 Å². The summed E-state index contributed by atoms with van der Waals surface area (Å²) in [7, 11) is -2.38. The van der Waals surface area contributed by atoms with Gasteiger partial charge in [-0.15, -0.1) is 0 Å². The van der Waals surface area contributed by atoms with Crippen LogP contribution in [0.25, 0.3) is 11.0 Å². The second-order valence-corrected chi connectivity index (χ2v) is 10.4. The Morgan fingerprint density at radius 3 is 2.50 bits per heavy atom. The second kappa shape index (κ2) is 9.23. The number of carbonyl (C=O) groups is 1. The van der Waals surface area contributed by atoms with Crippen LogP contribution in [0.5, 0.6) is 5.75 Å². The molecule has 0 spiro atoms. The molecule has 1 aliphatic rings. The average Bonchev–Trinajstić information content (AvgIpc) is 3.27. The fourth-order valence-electron chi connectivity index (χ4n) is 4.66. The number of benzene rings is 2. The number of hydrogen-bond acceptors (Lipinski definition) is 7. The molecule has 1 aromatic heterocycles. The van der Waals surface area contributed by atoms with Crippen molar-refractivity contribution in [3.8, 4) is 5.75 Å². The Labute approximate surface area is 198 Å². The first-order valence-corrected chi connectivity index (χ1v) is 12.4. The van der Waals surface area contributed by atoms with Gasteiger partial charge in [-0.05, 0) is 56.9 Å². The highest BCUT2D eigenvalue weighted by atomic mass is 32.2. The van der Waals surface area contributed by atoms with E-state index < -0.39 is 27.7 Å². The number of esters is 1. The lowest BCUT2D eigenvalue weighted by Crippen LogP contribution is -2.41. The molecule has 0 saturated carbocycles. The maximum atomic E-state index is 13.5. The smallest absolute Gasteiger partial charge is 0.336 e. The molecule has 1 atom stereocenters. The number of rotatable bonds is 6. The number of methoxy groups -OCH3 is 1. The highest BCUT2D eigenvalue weighted by molar-refractivity contribution is 7.89. The largest absolute Gasteiger partial charge is 0.497 e. The maximum absolute atomic E-state index is 13.5. The van der Waals surface area contributed by atoms with E-state index in [2.05, 4.69) is 0 Å². The van der Waals surface area contributed by atoms with Crippen molar-refractivity contribution in [2.24, 2.45) is 0 Å². The molecule has 1 saturated heterocycles. The monoisotopic (exact) mass is 485 g/mol. The fourth-order valence-corrected chi connectivity index (χ4v) is 6.72. The van der Waals surface area contributed by atoms with Crippen molar-refractivity contribution in [1.82, 2.24) is 4.31 Å². The van der Waals surface area contributed by atoms with Gasteiger partial charge in [0.05, 0.1) is 12.0 Å². The maximum Gasteiger partial charge on any atom is 0.336 e. The molecule has 8 nitrogen and oxygen atoms in total. The zero-order valence-corrected chi connectivity index (χ0v) is 20.4. The third-order valence-corrected chi connectivity index (χ3v) is 8.27. The number of aryl methyl sites for hydroxylation is 3. The molecule has 0 unspecified atom stereocenters. The first-order chi connectivity index (χ1) is 16.1. The van der Waals surface area contributed by atoms with Crippen LogP contribution in [-0.2, 0) is 26.2 Å². The van der Waals surface area contributed by atoms with Crippen LogP contribution >= 0.6 is 0 Å². The van der Waals surface area contributed by atoms with Crippen LogP contribution in [0.1, 0.15) is 35.1 Å². The minimum atomic E-state index is -3.89. The predicted molar refractivity (Wildman–Crippen MR) is 126 cm³/mol. The number of nitrogens with zero attached hydrogens (tertiary/aromatic N) is 1. The van der Waals surface area contributed by atoms with Crippen molar-refractivity contribution in [2.75, 3.05) is 13.7 Å². The minimum absolute atomic E-state index is 0.180. The zero-order chi connectivity index (χ0) is 24.6. The van der Waals surface area contributed by atoms with Crippen LogP contribution in [0.2, 0.25) is 0 Å². The van der Waals surface area contributed by atoms with E-state index in [9.17, 15) is 18.0 Å². The molecule has 4 rings (SSSR count). The van der Waals surface area contributed by atoms with Crippen molar-refractivity contribution in [3.63, 3.8) is 0 Å². The Hall–Kier alpha value is -3.17. The standard InChI is InChI=1S/C25H27NO7S/c1-15-10-16(2)24(17(3)11-15)34(29,30)26-9-5-6-21(26)25(28)32-14-18-12-23(27)33-22-13-19(31-4)7-8-20(18)22/h7-8,10-13,21H,5-6,9,14H2,1-4H3/t21-/m0/s1. The van der Waals surface area contributed by atoms with Gasteiger partial charge in [0.1, 0.15) is 24.0 Å². The summed E-state index contributed by atoms with van der Waals surface area (Å²) in [4.78, 5) is 25.2. The summed E-state index contributed by atoms with van der Waals surface area (Å²) in [6, 6.07) is 9.01. The lowest BCUT2D eigenvalue weighted by molar-refractivity contribution is -0.148. The predicted octanol–water partition coefficient (Wildman–Crippen LogP) is 3.62. The van der Waals surface area contributed by atoms with E-state index >= 15 is 0 Å². The number of ether oxygens (including phenoxy) is 2. The van der Waals surface area contributed by atoms with Gasteiger partial charge in [0.25, 0.3) is 0 Å². The van der Waals surface area contributed by atoms with Crippen LogP contribution in [0.3, 0.4) is 0 Å². The van der Waals surface area contributed by atoms with Gasteiger partial charge < -0.3 is 13.9 Å². The number of hydrogen-bond donors (Lipinski definition) is 0. The molecule has 1 aliphatic heterocycles. The summed E-state index contributed by atoms with van der Waals surface area (Å²) in [6.45, 7) is 5.50. The van der Waals surface area contributed by atoms with E-state index in [0.717, 1.165) is 5.56 Å². The molecule has 0 N–H and O–H groups in total. The molecule has 0 aliphatic carbocycles. The Balaban J connectivity index is 1.58. The number of carbonyl (C=O) groups excluding carboxylic acids is 1. The highest BCUT2D eigenvalue weighted by Gasteiger charge is 2.41. The topological polar surface area (TPSA) is 103 Å². The molecule has 9 heteroatoms. The summed E-state index contributed by atoms with van der Waals surface area (Å²) in [6.07, 6.45) is 0.928. The Bertz CT molecular complexity index is 1400. The number of sulfonamides is 1.